The van der Waals surface area contributed by atoms with Gasteiger partial charge in [-0.2, -0.15) is 0 Å². The molecule has 1 saturated heterocycles. The van der Waals surface area contributed by atoms with Crippen molar-refractivity contribution in [1.82, 2.24) is 0 Å². The molecule has 1 heterocycles. The average Bonchev–Trinajstić information content (AvgIpc) is 3.10. The van der Waals surface area contributed by atoms with Gasteiger partial charge in [0.15, 0.2) is 0 Å². The number of hydrogen-bond acceptors (Lipinski definition) is 5. The van der Waals surface area contributed by atoms with Gasteiger partial charge in [-0.05, 0) is 38.3 Å². The molecule has 0 radical (unpaired) electrons. The molecule has 0 bridgehead atoms. The van der Waals surface area contributed by atoms with Gasteiger partial charge in [0.2, 0.25) is 0 Å². The first kappa shape index (κ1) is 17.5. The molecule has 1 aliphatic heterocycles. The van der Waals surface area contributed by atoms with E-state index in [-0.39, 0.29) is 19.3 Å². The predicted octanol–water partition coefficient (Wildman–Crippen LogP) is 2.48. The fourth-order valence-electron chi connectivity index (χ4n) is 2.26. The third kappa shape index (κ3) is 6.42. The minimum atomic E-state index is -0.856. The number of aliphatic hydroxyl groups is 1. The van der Waals surface area contributed by atoms with Gasteiger partial charge in [0.1, 0.15) is 25.1 Å². The van der Waals surface area contributed by atoms with Crippen LogP contribution in [0, 0.1) is 0 Å². The average molecular weight is 320 g/mol. The molecular formula is C18H24O5. The van der Waals surface area contributed by atoms with E-state index in [4.69, 9.17) is 14.2 Å². The number of benzene rings is 1. The number of hydrogen-bond donors (Lipinski definition) is 1. The highest BCUT2D eigenvalue weighted by Crippen LogP contribution is 2.16. The smallest absolute Gasteiger partial charge is 0.333 e. The topological polar surface area (TPSA) is 65.0 Å². The van der Waals surface area contributed by atoms with Crippen LogP contribution in [0.2, 0.25) is 0 Å². The maximum absolute atomic E-state index is 11.8. The third-order valence-electron chi connectivity index (χ3n) is 3.63. The van der Waals surface area contributed by atoms with Gasteiger partial charge in [0.05, 0.1) is 6.10 Å². The van der Waals surface area contributed by atoms with Crippen LogP contribution in [-0.2, 0) is 14.3 Å². The summed E-state index contributed by atoms with van der Waals surface area (Å²) in [5.41, 5.74) is 0.539. The van der Waals surface area contributed by atoms with Crippen molar-refractivity contribution in [3.05, 3.63) is 42.0 Å². The lowest BCUT2D eigenvalue weighted by Gasteiger charge is -2.13. The van der Waals surface area contributed by atoms with E-state index in [2.05, 4.69) is 0 Å². The predicted molar refractivity (Wildman–Crippen MR) is 86.3 cm³/mol. The first-order valence-corrected chi connectivity index (χ1v) is 7.96. The van der Waals surface area contributed by atoms with Crippen molar-refractivity contribution in [2.24, 2.45) is 0 Å². The molecule has 23 heavy (non-hydrogen) atoms. The van der Waals surface area contributed by atoms with Gasteiger partial charge in [-0.15, -0.1) is 0 Å². The minimum Gasteiger partial charge on any atom is -0.491 e. The summed E-state index contributed by atoms with van der Waals surface area (Å²) in [7, 11) is 0. The van der Waals surface area contributed by atoms with E-state index in [1.165, 1.54) is 0 Å². The number of carbonyl (C=O) groups excluding carboxylic acids is 1. The zero-order chi connectivity index (χ0) is 16.5. The summed E-state index contributed by atoms with van der Waals surface area (Å²) in [6.45, 7) is 2.51. The number of rotatable bonds is 8. The lowest BCUT2D eigenvalue weighted by atomic mass is 10.1. The molecule has 0 spiro atoms. The highest BCUT2D eigenvalue weighted by molar-refractivity contribution is 5.87. The SMILES string of the molecule is CC(=CCC1CCCO1)C(=O)OCC(O)COc1ccccc1. The molecule has 0 aliphatic carbocycles. The van der Waals surface area contributed by atoms with Crippen LogP contribution in [0.1, 0.15) is 26.2 Å². The third-order valence-corrected chi connectivity index (χ3v) is 3.63. The molecule has 0 amide bonds. The molecule has 2 unspecified atom stereocenters. The molecule has 1 fully saturated rings. The van der Waals surface area contributed by atoms with Crippen molar-refractivity contribution in [3.63, 3.8) is 0 Å². The van der Waals surface area contributed by atoms with Crippen molar-refractivity contribution in [2.75, 3.05) is 19.8 Å². The minimum absolute atomic E-state index is 0.0793. The molecule has 1 aromatic carbocycles. The highest BCUT2D eigenvalue weighted by atomic mass is 16.5. The zero-order valence-corrected chi connectivity index (χ0v) is 13.4. The quantitative estimate of drug-likeness (QED) is 0.589. The maximum atomic E-state index is 11.8. The molecule has 1 aromatic rings. The number of carbonyl (C=O) groups is 1. The molecule has 5 nitrogen and oxygen atoms in total. The Morgan fingerprint density at radius 2 is 2.17 bits per heavy atom. The van der Waals surface area contributed by atoms with Gasteiger partial charge in [0.25, 0.3) is 0 Å². The van der Waals surface area contributed by atoms with E-state index in [1.807, 2.05) is 24.3 Å². The van der Waals surface area contributed by atoms with Gasteiger partial charge in [-0.25, -0.2) is 4.79 Å². The van der Waals surface area contributed by atoms with Crippen LogP contribution in [0.25, 0.3) is 0 Å². The van der Waals surface area contributed by atoms with Crippen molar-refractivity contribution in [2.45, 2.75) is 38.4 Å². The van der Waals surface area contributed by atoms with Crippen molar-refractivity contribution < 1.29 is 24.1 Å². The standard InChI is InChI=1S/C18H24O5/c1-14(9-10-17-8-5-11-21-17)18(20)23-13-15(19)12-22-16-6-3-2-4-7-16/h2-4,6-7,9,15,17,19H,5,8,10-13H2,1H3. The fraction of sp³-hybridized carbons (Fsp3) is 0.500. The summed E-state index contributed by atoms with van der Waals surface area (Å²) in [6.07, 6.45) is 4.03. The van der Waals surface area contributed by atoms with Crippen molar-refractivity contribution in [3.8, 4) is 5.75 Å². The van der Waals surface area contributed by atoms with E-state index in [1.54, 1.807) is 19.1 Å². The van der Waals surface area contributed by atoms with E-state index in [9.17, 15) is 9.90 Å². The summed E-state index contributed by atoms with van der Waals surface area (Å²) < 4.78 is 16.0. The molecule has 126 valence electrons. The maximum Gasteiger partial charge on any atom is 0.333 e. The van der Waals surface area contributed by atoms with Crippen molar-refractivity contribution >= 4 is 5.97 Å². The molecule has 0 aromatic heterocycles. The van der Waals surface area contributed by atoms with E-state index in [0.717, 1.165) is 25.9 Å². The Kier molecular flexibility index (Phi) is 7.10. The summed E-state index contributed by atoms with van der Waals surface area (Å²) >= 11 is 0. The van der Waals surface area contributed by atoms with Crippen LogP contribution in [0.15, 0.2) is 42.0 Å². The van der Waals surface area contributed by atoms with E-state index >= 15 is 0 Å². The monoisotopic (exact) mass is 320 g/mol. The van der Waals surface area contributed by atoms with Crippen LogP contribution in [0.5, 0.6) is 5.75 Å². The summed E-state index contributed by atoms with van der Waals surface area (Å²) in [4.78, 5) is 11.8. The molecule has 2 rings (SSSR count). The molecular weight excluding hydrogens is 296 g/mol. The van der Waals surface area contributed by atoms with Crippen LogP contribution < -0.4 is 4.74 Å². The Hall–Kier alpha value is -1.85. The number of aliphatic hydroxyl groups excluding tert-OH is 1. The number of para-hydroxylation sites is 1. The number of esters is 1. The summed E-state index contributed by atoms with van der Waals surface area (Å²) in [5.74, 6) is 0.257. The second-order valence-electron chi connectivity index (χ2n) is 5.63. The Balaban J connectivity index is 1.65. The molecule has 5 heteroatoms. The Morgan fingerprint density at radius 3 is 2.87 bits per heavy atom. The molecule has 2 atom stereocenters. The summed E-state index contributed by atoms with van der Waals surface area (Å²) in [6, 6.07) is 9.19. The van der Waals surface area contributed by atoms with E-state index < -0.39 is 12.1 Å². The van der Waals surface area contributed by atoms with Gasteiger partial charge in [-0.1, -0.05) is 24.3 Å². The zero-order valence-electron chi connectivity index (χ0n) is 13.4. The highest BCUT2D eigenvalue weighted by Gasteiger charge is 2.15. The van der Waals surface area contributed by atoms with E-state index in [0.29, 0.717) is 11.3 Å². The van der Waals surface area contributed by atoms with Crippen LogP contribution in [0.3, 0.4) is 0 Å². The van der Waals surface area contributed by atoms with Gasteiger partial charge < -0.3 is 19.3 Å². The van der Waals surface area contributed by atoms with Crippen molar-refractivity contribution in [1.29, 1.82) is 0 Å². The Bertz CT molecular complexity index is 505. The summed E-state index contributed by atoms with van der Waals surface area (Å²) in [5, 5.41) is 9.80. The first-order chi connectivity index (χ1) is 11.1. The number of ether oxygens (including phenoxy) is 3. The molecule has 0 saturated carbocycles. The lowest BCUT2D eigenvalue weighted by molar-refractivity contribution is -0.142. The largest absolute Gasteiger partial charge is 0.491 e. The Labute approximate surface area is 136 Å². The lowest BCUT2D eigenvalue weighted by Crippen LogP contribution is -2.25. The normalized spacial score (nSPS) is 19.4. The molecule has 1 aliphatic rings. The first-order valence-electron chi connectivity index (χ1n) is 7.96. The van der Waals surface area contributed by atoms with Gasteiger partial charge in [-0.3, -0.25) is 0 Å². The fourth-order valence-corrected chi connectivity index (χ4v) is 2.26. The second-order valence-corrected chi connectivity index (χ2v) is 5.63. The van der Waals surface area contributed by atoms with Gasteiger partial charge in [0, 0.05) is 12.2 Å². The van der Waals surface area contributed by atoms with Gasteiger partial charge >= 0.3 is 5.97 Å². The second kappa shape index (κ2) is 9.33. The Morgan fingerprint density at radius 1 is 1.39 bits per heavy atom. The van der Waals surface area contributed by atoms with Crippen LogP contribution >= 0.6 is 0 Å². The van der Waals surface area contributed by atoms with Crippen LogP contribution in [-0.4, -0.2) is 43.1 Å². The molecule has 1 N–H and O–H groups in total. The van der Waals surface area contributed by atoms with Crippen LogP contribution in [0.4, 0.5) is 0 Å².